The molecule has 1 aromatic carbocycles. The van der Waals surface area contributed by atoms with Gasteiger partial charge in [0, 0.05) is 23.5 Å². The minimum atomic E-state index is -0.883. The summed E-state index contributed by atoms with van der Waals surface area (Å²) < 4.78 is 0. The van der Waals surface area contributed by atoms with E-state index in [1.54, 1.807) is 0 Å². The van der Waals surface area contributed by atoms with Crippen molar-refractivity contribution in [2.24, 2.45) is 5.41 Å². The maximum Gasteiger partial charge on any atom is 0.269 e. The first-order valence-electron chi connectivity index (χ1n) is 6.89. The van der Waals surface area contributed by atoms with Gasteiger partial charge in [0.2, 0.25) is 6.04 Å². The molecule has 0 aliphatic heterocycles. The maximum atomic E-state index is 12.2. The molecule has 1 spiro atoms. The van der Waals surface area contributed by atoms with Crippen LogP contribution in [0.25, 0.3) is 0 Å². The van der Waals surface area contributed by atoms with Crippen molar-refractivity contribution in [3.63, 3.8) is 0 Å². The van der Waals surface area contributed by atoms with Crippen LogP contribution in [0.4, 0.5) is 5.69 Å². The average Bonchev–Trinajstić information content (AvgIpc) is 3.12. The van der Waals surface area contributed by atoms with Crippen molar-refractivity contribution in [3.8, 4) is 0 Å². The van der Waals surface area contributed by atoms with Crippen molar-refractivity contribution in [3.05, 3.63) is 50.1 Å². The molecule has 0 amide bonds. The molecular weight excluding hydrogens is 276 g/mol. The Hall–Kier alpha value is -2.31. The van der Waals surface area contributed by atoms with Crippen molar-refractivity contribution < 1.29 is 14.6 Å². The number of hydrogen-bond acceptors (Lipinski definition) is 5. The Morgan fingerprint density at radius 1 is 1.10 bits per heavy atom. The fraction of sp³-hybridized carbons (Fsp3) is 0.500. The molecule has 2 aliphatic rings. The van der Waals surface area contributed by atoms with Gasteiger partial charge in [-0.2, -0.15) is 0 Å². The molecule has 110 valence electrons. The molecule has 0 radical (unpaired) electrons. The van der Waals surface area contributed by atoms with Gasteiger partial charge in [0.1, 0.15) is 11.2 Å². The first-order chi connectivity index (χ1) is 9.98. The zero-order chi connectivity index (χ0) is 15.2. The van der Waals surface area contributed by atoms with E-state index in [0.717, 1.165) is 12.8 Å². The molecule has 2 fully saturated rings. The number of non-ortho nitro benzene ring substituents is 1. The summed E-state index contributed by atoms with van der Waals surface area (Å²) in [6.45, 7) is 0. The maximum absolute atomic E-state index is 12.2. The molecule has 2 saturated carbocycles. The lowest BCUT2D eigenvalue weighted by Crippen LogP contribution is -2.27. The summed E-state index contributed by atoms with van der Waals surface area (Å²) in [5, 5.41) is 21.9. The van der Waals surface area contributed by atoms with Crippen LogP contribution in [0.3, 0.4) is 0 Å². The van der Waals surface area contributed by atoms with Gasteiger partial charge in [-0.15, -0.1) is 0 Å². The Morgan fingerprint density at radius 2 is 1.76 bits per heavy atom. The predicted octanol–water partition coefficient (Wildman–Crippen LogP) is 2.47. The second-order valence-corrected chi connectivity index (χ2v) is 5.73. The van der Waals surface area contributed by atoms with Gasteiger partial charge in [0.05, 0.1) is 10.8 Å². The topological polar surface area (TPSA) is 103 Å². The smallest absolute Gasteiger partial charge is 0.269 e. The third-order valence-corrected chi connectivity index (χ3v) is 4.74. The first kappa shape index (κ1) is 13.7. The van der Waals surface area contributed by atoms with Crippen LogP contribution in [0.1, 0.15) is 37.2 Å². The van der Waals surface area contributed by atoms with E-state index in [9.17, 15) is 25.0 Å². The van der Waals surface area contributed by atoms with Crippen molar-refractivity contribution >= 4 is 11.5 Å². The summed E-state index contributed by atoms with van der Waals surface area (Å²) >= 11 is 0. The molecular formula is C14H14N2O5. The van der Waals surface area contributed by atoms with Crippen LogP contribution in [0.5, 0.6) is 0 Å². The Bertz CT molecular complexity index is 627. The highest BCUT2D eigenvalue weighted by Gasteiger charge is 2.77. The Kier molecular flexibility index (Phi) is 3.00. The summed E-state index contributed by atoms with van der Waals surface area (Å²) in [4.78, 5) is 33.3. The standard InChI is InChI=1S/C14H14N2O5/c17-11-3-1-2-8-14(11)12(13(14)16(20)21)9-4-6-10(7-5-9)15(18)19/h4-7,12-13H,1-3,8H2/t12-,13-,14-/m1/s1. The Labute approximate surface area is 120 Å². The van der Waals surface area contributed by atoms with E-state index in [1.165, 1.54) is 24.3 Å². The molecule has 0 heterocycles. The molecule has 3 atom stereocenters. The number of nitro groups is 2. The van der Waals surface area contributed by atoms with E-state index in [1.807, 2.05) is 0 Å². The highest BCUT2D eigenvalue weighted by molar-refractivity contribution is 5.91. The minimum absolute atomic E-state index is 0.0289. The molecule has 0 aromatic heterocycles. The van der Waals surface area contributed by atoms with Crippen molar-refractivity contribution in [2.45, 2.75) is 37.6 Å². The highest BCUT2D eigenvalue weighted by atomic mass is 16.6. The second kappa shape index (κ2) is 4.61. The summed E-state index contributed by atoms with van der Waals surface area (Å²) in [6, 6.07) is 4.87. The average molecular weight is 290 g/mol. The van der Waals surface area contributed by atoms with Crippen LogP contribution in [0.15, 0.2) is 24.3 Å². The van der Waals surface area contributed by atoms with Gasteiger partial charge in [-0.25, -0.2) is 0 Å². The molecule has 0 bridgehead atoms. The first-order valence-corrected chi connectivity index (χ1v) is 6.89. The van der Waals surface area contributed by atoms with Gasteiger partial charge in [-0.1, -0.05) is 18.6 Å². The van der Waals surface area contributed by atoms with Crippen LogP contribution in [-0.4, -0.2) is 21.7 Å². The number of carbonyl (C=O) groups excluding carboxylic acids is 1. The molecule has 0 saturated heterocycles. The van der Waals surface area contributed by atoms with Crippen LogP contribution in [-0.2, 0) is 4.79 Å². The van der Waals surface area contributed by atoms with Gasteiger partial charge in [-0.05, 0) is 18.4 Å². The van der Waals surface area contributed by atoms with Gasteiger partial charge in [-0.3, -0.25) is 25.0 Å². The van der Waals surface area contributed by atoms with Crippen molar-refractivity contribution in [2.75, 3.05) is 0 Å². The van der Waals surface area contributed by atoms with Crippen LogP contribution >= 0.6 is 0 Å². The fourth-order valence-electron chi connectivity index (χ4n) is 3.73. The lowest BCUT2D eigenvalue weighted by atomic mass is 9.81. The van der Waals surface area contributed by atoms with Gasteiger partial charge in [0.25, 0.3) is 5.69 Å². The van der Waals surface area contributed by atoms with Crippen molar-refractivity contribution in [1.82, 2.24) is 0 Å². The number of rotatable bonds is 3. The lowest BCUT2D eigenvalue weighted by molar-refractivity contribution is -0.502. The normalized spacial score (nSPS) is 31.1. The van der Waals surface area contributed by atoms with Crippen LogP contribution in [0.2, 0.25) is 0 Å². The third kappa shape index (κ3) is 1.91. The number of nitrogens with zero attached hydrogens (tertiary/aromatic N) is 2. The molecule has 21 heavy (non-hydrogen) atoms. The van der Waals surface area contributed by atoms with E-state index in [-0.39, 0.29) is 16.4 Å². The number of carbonyl (C=O) groups is 1. The zero-order valence-electron chi connectivity index (χ0n) is 11.2. The van der Waals surface area contributed by atoms with E-state index in [0.29, 0.717) is 18.4 Å². The van der Waals surface area contributed by atoms with Crippen LogP contribution in [0, 0.1) is 25.6 Å². The Balaban J connectivity index is 1.95. The molecule has 7 nitrogen and oxygen atoms in total. The van der Waals surface area contributed by atoms with Gasteiger partial charge in [0.15, 0.2) is 0 Å². The number of benzene rings is 1. The number of ketones is 1. The molecule has 1 aromatic rings. The zero-order valence-corrected chi connectivity index (χ0v) is 11.2. The molecule has 0 N–H and O–H groups in total. The molecule has 0 unspecified atom stereocenters. The van der Waals surface area contributed by atoms with E-state index in [2.05, 4.69) is 0 Å². The SMILES string of the molecule is O=C1CCCC[C@]12[C@H](c1ccc([N+](=O)[O-])cc1)[C@H]2[N+](=O)[O-]. The van der Waals surface area contributed by atoms with E-state index in [4.69, 9.17) is 0 Å². The predicted molar refractivity (Wildman–Crippen MR) is 72.5 cm³/mol. The van der Waals surface area contributed by atoms with E-state index < -0.39 is 22.3 Å². The molecule has 2 aliphatic carbocycles. The quantitative estimate of drug-likeness (QED) is 0.628. The monoisotopic (exact) mass is 290 g/mol. The summed E-state index contributed by atoms with van der Waals surface area (Å²) in [5.41, 5.74) is -0.281. The largest absolute Gasteiger partial charge is 0.299 e. The van der Waals surface area contributed by atoms with E-state index >= 15 is 0 Å². The summed E-state index contributed by atoms with van der Waals surface area (Å²) in [7, 11) is 0. The third-order valence-electron chi connectivity index (χ3n) is 4.74. The van der Waals surface area contributed by atoms with Crippen molar-refractivity contribution in [1.29, 1.82) is 0 Å². The molecule has 3 rings (SSSR count). The lowest BCUT2D eigenvalue weighted by Gasteiger charge is -2.19. The molecule has 7 heteroatoms. The van der Waals surface area contributed by atoms with Crippen LogP contribution < -0.4 is 0 Å². The number of Topliss-reactive ketones (excluding diaryl/α,β-unsaturated/α-hetero) is 1. The summed E-state index contributed by atoms with van der Waals surface area (Å²) in [6.07, 6.45) is 2.55. The number of nitro benzene ring substituents is 1. The Morgan fingerprint density at radius 3 is 2.29 bits per heavy atom. The fourth-order valence-corrected chi connectivity index (χ4v) is 3.73. The summed E-state index contributed by atoms with van der Waals surface area (Å²) in [5.74, 6) is -0.472. The van der Waals surface area contributed by atoms with Gasteiger partial charge < -0.3 is 0 Å². The minimum Gasteiger partial charge on any atom is -0.299 e. The number of hydrogen-bond donors (Lipinski definition) is 0. The van der Waals surface area contributed by atoms with Gasteiger partial charge >= 0.3 is 0 Å². The second-order valence-electron chi connectivity index (χ2n) is 5.73. The highest BCUT2D eigenvalue weighted by Crippen LogP contribution is 2.66.